The van der Waals surface area contributed by atoms with Gasteiger partial charge in [0.2, 0.25) is 0 Å². The van der Waals surface area contributed by atoms with Crippen molar-refractivity contribution in [3.8, 4) is 0 Å². The fourth-order valence-corrected chi connectivity index (χ4v) is 3.22. The van der Waals surface area contributed by atoms with E-state index in [4.69, 9.17) is 17.3 Å². The minimum atomic E-state index is -0.290. The number of hydrogen-bond acceptors (Lipinski definition) is 2. The number of hydrogen-bond donors (Lipinski definition) is 1. The predicted octanol–water partition coefficient (Wildman–Crippen LogP) is 3.99. The van der Waals surface area contributed by atoms with E-state index in [1.165, 1.54) is 25.3 Å². The number of nitrogens with zero attached hydrogens (tertiary/aromatic N) is 1. The summed E-state index contributed by atoms with van der Waals surface area (Å²) in [5.41, 5.74) is 7.26. The number of benzene rings is 1. The fraction of sp³-hybridized carbons (Fsp3) is 0.625. The normalized spacial score (nSPS) is 20.9. The summed E-state index contributed by atoms with van der Waals surface area (Å²) in [6, 6.07) is 4.78. The smallest absolute Gasteiger partial charge is 0.125 e. The van der Waals surface area contributed by atoms with E-state index in [0.717, 1.165) is 18.7 Å². The molecule has 1 aliphatic rings. The van der Waals surface area contributed by atoms with Crippen LogP contribution in [-0.4, -0.2) is 24.5 Å². The van der Waals surface area contributed by atoms with Gasteiger partial charge in [0.1, 0.15) is 5.82 Å². The van der Waals surface area contributed by atoms with Gasteiger partial charge < -0.3 is 5.73 Å². The molecule has 0 radical (unpaired) electrons. The van der Waals surface area contributed by atoms with Crippen LogP contribution in [0.25, 0.3) is 0 Å². The predicted molar refractivity (Wildman–Crippen MR) is 82.4 cm³/mol. The molecule has 20 heavy (non-hydrogen) atoms. The molecule has 2 nitrogen and oxygen atoms in total. The molecule has 0 aromatic heterocycles. The Morgan fingerprint density at radius 3 is 2.50 bits per heavy atom. The van der Waals surface area contributed by atoms with Crippen LogP contribution in [0.15, 0.2) is 18.2 Å². The Hall–Kier alpha value is -0.640. The molecule has 112 valence electrons. The van der Waals surface area contributed by atoms with Crippen molar-refractivity contribution in [2.24, 2.45) is 11.1 Å². The van der Waals surface area contributed by atoms with E-state index < -0.39 is 0 Å². The van der Waals surface area contributed by atoms with E-state index in [2.05, 4.69) is 18.7 Å². The van der Waals surface area contributed by atoms with Crippen molar-refractivity contribution in [3.63, 3.8) is 0 Å². The maximum atomic E-state index is 13.5. The summed E-state index contributed by atoms with van der Waals surface area (Å²) in [4.78, 5) is 2.36. The molecule has 1 aromatic rings. The Morgan fingerprint density at radius 2 is 2.00 bits per heavy atom. The van der Waals surface area contributed by atoms with Gasteiger partial charge in [-0.2, -0.15) is 0 Å². The maximum absolute atomic E-state index is 13.5. The molecular formula is C16H24ClFN2. The zero-order valence-corrected chi connectivity index (χ0v) is 13.1. The van der Waals surface area contributed by atoms with Gasteiger partial charge in [-0.15, -0.1) is 0 Å². The van der Waals surface area contributed by atoms with Crippen molar-refractivity contribution in [2.45, 2.75) is 39.2 Å². The van der Waals surface area contributed by atoms with Crippen molar-refractivity contribution in [1.29, 1.82) is 0 Å². The van der Waals surface area contributed by atoms with E-state index in [9.17, 15) is 4.39 Å². The molecule has 0 amide bonds. The van der Waals surface area contributed by atoms with Crippen molar-refractivity contribution in [1.82, 2.24) is 4.90 Å². The second-order valence-corrected chi connectivity index (χ2v) is 6.59. The highest BCUT2D eigenvalue weighted by atomic mass is 35.5. The van der Waals surface area contributed by atoms with Gasteiger partial charge in [-0.25, -0.2) is 4.39 Å². The second-order valence-electron chi connectivity index (χ2n) is 6.15. The first-order valence-corrected chi connectivity index (χ1v) is 7.75. The Morgan fingerprint density at radius 1 is 1.35 bits per heavy atom. The molecule has 1 atom stereocenters. The van der Waals surface area contributed by atoms with E-state index >= 15 is 0 Å². The van der Waals surface area contributed by atoms with Crippen LogP contribution in [0.1, 0.15) is 44.7 Å². The van der Waals surface area contributed by atoms with E-state index in [-0.39, 0.29) is 11.9 Å². The minimum absolute atomic E-state index is 0.0598. The van der Waals surface area contributed by atoms with E-state index in [1.54, 1.807) is 6.07 Å². The monoisotopic (exact) mass is 298 g/mol. The maximum Gasteiger partial charge on any atom is 0.125 e. The van der Waals surface area contributed by atoms with Crippen molar-refractivity contribution in [2.75, 3.05) is 19.6 Å². The number of likely N-dealkylation sites (tertiary alicyclic amines) is 1. The van der Waals surface area contributed by atoms with Crippen LogP contribution in [0.3, 0.4) is 0 Å². The highest BCUT2D eigenvalue weighted by Crippen LogP contribution is 2.37. The summed E-state index contributed by atoms with van der Waals surface area (Å²) in [5, 5.41) is 0.439. The van der Waals surface area contributed by atoms with E-state index in [0.29, 0.717) is 17.0 Å². The van der Waals surface area contributed by atoms with Crippen LogP contribution in [-0.2, 0) is 0 Å². The Balaban J connectivity index is 2.13. The van der Waals surface area contributed by atoms with Crippen LogP contribution in [0, 0.1) is 11.2 Å². The summed E-state index contributed by atoms with van der Waals surface area (Å²) in [6.07, 6.45) is 3.55. The van der Waals surface area contributed by atoms with Crippen LogP contribution < -0.4 is 5.73 Å². The van der Waals surface area contributed by atoms with Gasteiger partial charge in [-0.1, -0.05) is 31.9 Å². The molecule has 0 spiro atoms. The summed E-state index contributed by atoms with van der Waals surface area (Å²) in [7, 11) is 0. The van der Waals surface area contributed by atoms with Crippen LogP contribution in [0.2, 0.25) is 5.02 Å². The number of rotatable bonds is 4. The summed E-state index contributed by atoms with van der Waals surface area (Å²) < 4.78 is 13.5. The Bertz CT molecular complexity index is 436. The molecule has 1 fully saturated rings. The Kier molecular flexibility index (Phi) is 5.05. The highest BCUT2D eigenvalue weighted by Gasteiger charge is 2.31. The van der Waals surface area contributed by atoms with Gasteiger partial charge in [0.05, 0.1) is 0 Å². The summed E-state index contributed by atoms with van der Waals surface area (Å²) >= 11 is 5.96. The lowest BCUT2D eigenvalue weighted by molar-refractivity contribution is 0.0828. The second kappa shape index (κ2) is 6.42. The molecule has 1 aliphatic heterocycles. The molecule has 1 aromatic carbocycles. The van der Waals surface area contributed by atoms with Crippen molar-refractivity contribution < 1.29 is 4.39 Å². The zero-order valence-electron chi connectivity index (χ0n) is 12.3. The summed E-state index contributed by atoms with van der Waals surface area (Å²) in [5.74, 6) is -0.290. The van der Waals surface area contributed by atoms with E-state index in [1.807, 2.05) is 6.07 Å². The number of nitrogens with two attached hydrogens (primary N) is 1. The van der Waals surface area contributed by atoms with Gasteiger partial charge in [0, 0.05) is 17.6 Å². The molecular weight excluding hydrogens is 275 g/mol. The first-order valence-electron chi connectivity index (χ1n) is 7.37. The van der Waals surface area contributed by atoms with Gasteiger partial charge in [0.25, 0.3) is 0 Å². The Labute approximate surface area is 126 Å². The average molecular weight is 299 g/mol. The van der Waals surface area contributed by atoms with Gasteiger partial charge in [-0.05, 0) is 55.1 Å². The molecule has 2 N–H and O–H groups in total. The lowest BCUT2D eigenvalue weighted by Crippen LogP contribution is -2.42. The largest absolute Gasteiger partial charge is 0.329 e. The molecule has 2 rings (SSSR count). The van der Waals surface area contributed by atoms with Gasteiger partial charge in [0.15, 0.2) is 0 Å². The van der Waals surface area contributed by atoms with Crippen LogP contribution >= 0.6 is 11.6 Å². The topological polar surface area (TPSA) is 29.3 Å². The highest BCUT2D eigenvalue weighted by molar-refractivity contribution is 6.30. The summed E-state index contributed by atoms with van der Waals surface area (Å²) in [6.45, 7) is 7.12. The third kappa shape index (κ3) is 3.51. The standard InChI is InChI=1S/C16H24ClFN2/c1-3-16(2)4-6-20(7-5-16)15(11-19)12-8-13(17)10-14(18)9-12/h8-10,15H,3-7,11,19H2,1-2H3. The zero-order chi connectivity index (χ0) is 14.8. The third-order valence-corrected chi connectivity index (χ3v) is 5.01. The lowest BCUT2D eigenvalue weighted by Gasteiger charge is -2.42. The molecule has 0 aliphatic carbocycles. The molecule has 1 unspecified atom stereocenters. The lowest BCUT2D eigenvalue weighted by atomic mass is 9.78. The van der Waals surface area contributed by atoms with Crippen LogP contribution in [0.5, 0.6) is 0 Å². The number of piperidine rings is 1. The SMILES string of the molecule is CCC1(C)CCN(C(CN)c2cc(F)cc(Cl)c2)CC1. The van der Waals surface area contributed by atoms with Gasteiger partial charge in [-0.3, -0.25) is 4.90 Å². The van der Waals surface area contributed by atoms with Crippen molar-refractivity contribution >= 4 is 11.6 Å². The van der Waals surface area contributed by atoms with Crippen LogP contribution in [0.4, 0.5) is 4.39 Å². The molecule has 4 heteroatoms. The molecule has 0 saturated carbocycles. The minimum Gasteiger partial charge on any atom is -0.329 e. The number of halogens is 2. The molecule has 1 heterocycles. The quantitative estimate of drug-likeness (QED) is 0.910. The van der Waals surface area contributed by atoms with Gasteiger partial charge >= 0.3 is 0 Å². The first-order chi connectivity index (χ1) is 9.47. The average Bonchev–Trinajstić information content (AvgIpc) is 2.41. The third-order valence-electron chi connectivity index (χ3n) is 4.79. The fourth-order valence-electron chi connectivity index (χ4n) is 2.99. The molecule has 1 saturated heterocycles. The molecule has 0 bridgehead atoms. The van der Waals surface area contributed by atoms with Crippen molar-refractivity contribution in [3.05, 3.63) is 34.6 Å². The first kappa shape index (κ1) is 15.7.